The Morgan fingerprint density at radius 2 is 0.709 bits per heavy atom. The lowest BCUT2D eigenvalue weighted by molar-refractivity contribution is 0.794. The van der Waals surface area contributed by atoms with Crippen LogP contribution in [-0.4, -0.2) is 9.97 Å². The maximum absolute atomic E-state index is 5.09. The van der Waals surface area contributed by atoms with Gasteiger partial charge in [-0.3, -0.25) is 0 Å². The van der Waals surface area contributed by atoms with Gasteiger partial charge in [0.25, 0.3) is 0 Å². The van der Waals surface area contributed by atoms with E-state index in [1.165, 1.54) is 55.6 Å². The maximum atomic E-state index is 5.09. The molecule has 1 spiro atoms. The van der Waals surface area contributed by atoms with Crippen molar-refractivity contribution in [3.8, 4) is 78.4 Å². The average molecular weight is 699 g/mol. The first-order chi connectivity index (χ1) is 27.3. The van der Waals surface area contributed by atoms with Gasteiger partial charge in [-0.05, 0) is 78.9 Å². The molecule has 11 rings (SSSR count). The molecular formula is C53H34N2. The maximum Gasteiger partial charge on any atom is 0.160 e. The Balaban J connectivity index is 1.00. The van der Waals surface area contributed by atoms with E-state index in [1.807, 2.05) is 12.1 Å². The van der Waals surface area contributed by atoms with Crippen molar-refractivity contribution in [1.29, 1.82) is 0 Å². The van der Waals surface area contributed by atoms with Crippen LogP contribution in [0.4, 0.5) is 0 Å². The first kappa shape index (κ1) is 31.4. The van der Waals surface area contributed by atoms with Gasteiger partial charge in [-0.2, -0.15) is 0 Å². The van der Waals surface area contributed by atoms with E-state index < -0.39 is 0 Å². The second-order valence-corrected chi connectivity index (χ2v) is 14.5. The summed E-state index contributed by atoms with van der Waals surface area (Å²) in [6, 6.07) is 74.3. The molecule has 2 aliphatic carbocycles. The van der Waals surface area contributed by atoms with E-state index in [2.05, 4.69) is 194 Å². The van der Waals surface area contributed by atoms with Gasteiger partial charge >= 0.3 is 0 Å². The predicted octanol–water partition coefficient (Wildman–Crippen LogP) is 13.2. The molecular weight excluding hydrogens is 665 g/mol. The molecule has 0 saturated heterocycles. The van der Waals surface area contributed by atoms with Gasteiger partial charge < -0.3 is 0 Å². The van der Waals surface area contributed by atoms with Crippen LogP contribution in [0.5, 0.6) is 0 Å². The first-order valence-corrected chi connectivity index (χ1v) is 18.9. The normalized spacial score (nSPS) is 12.9. The van der Waals surface area contributed by atoms with Gasteiger partial charge in [0.05, 0.1) is 16.8 Å². The van der Waals surface area contributed by atoms with Gasteiger partial charge in [-0.15, -0.1) is 0 Å². The molecule has 0 radical (unpaired) electrons. The molecule has 0 bridgehead atoms. The molecule has 256 valence electrons. The number of hydrogen-bond acceptors (Lipinski definition) is 2. The Morgan fingerprint density at radius 1 is 0.273 bits per heavy atom. The SMILES string of the molecule is c1ccc(-c2cc(-c3ccccc3)nc(-c3cccc(-c4ccc(-c5cccc6c5-c5ccccc5C65c6ccccc6-c6ccccc65)cc4)c3)n2)cc1. The van der Waals surface area contributed by atoms with Crippen LogP contribution in [-0.2, 0) is 5.41 Å². The standard InChI is InChI=1S/C53H34N2/c1-3-15-37(16-4-1)49-34-50(38-17-5-2-6-18-38)55-52(54-49)40-20-13-19-39(33-40)35-29-31-36(32-30-35)41-24-14-28-48-51(41)44-23-9-12-27-47(44)53(48)45-25-10-7-21-42(45)43-22-8-11-26-46(43)53/h1-34H. The largest absolute Gasteiger partial charge is 0.228 e. The van der Waals surface area contributed by atoms with Crippen LogP contribution >= 0.6 is 0 Å². The average Bonchev–Trinajstić information content (AvgIpc) is 3.75. The van der Waals surface area contributed by atoms with E-state index in [4.69, 9.17) is 9.97 Å². The highest BCUT2D eigenvalue weighted by Gasteiger charge is 2.51. The van der Waals surface area contributed by atoms with Crippen molar-refractivity contribution in [1.82, 2.24) is 9.97 Å². The highest BCUT2D eigenvalue weighted by atomic mass is 14.9. The minimum absolute atomic E-state index is 0.351. The third kappa shape index (κ3) is 4.82. The topological polar surface area (TPSA) is 25.8 Å². The number of nitrogens with zero attached hydrogens (tertiary/aromatic N) is 2. The van der Waals surface area contributed by atoms with E-state index in [0.29, 0.717) is 5.82 Å². The fraction of sp³-hybridized carbons (Fsp3) is 0.0189. The quantitative estimate of drug-likeness (QED) is 0.179. The van der Waals surface area contributed by atoms with Gasteiger partial charge in [0.15, 0.2) is 5.82 Å². The molecule has 1 aromatic heterocycles. The van der Waals surface area contributed by atoms with Crippen molar-refractivity contribution in [3.05, 3.63) is 229 Å². The highest BCUT2D eigenvalue weighted by Crippen LogP contribution is 2.63. The summed E-state index contributed by atoms with van der Waals surface area (Å²) in [5.74, 6) is 0.709. The Hall–Kier alpha value is -7.16. The van der Waals surface area contributed by atoms with E-state index in [-0.39, 0.29) is 5.41 Å². The van der Waals surface area contributed by atoms with Gasteiger partial charge in [-0.1, -0.05) is 194 Å². The Bertz CT molecular complexity index is 2810. The summed E-state index contributed by atoms with van der Waals surface area (Å²) in [6.45, 7) is 0. The second-order valence-electron chi connectivity index (χ2n) is 14.5. The van der Waals surface area contributed by atoms with E-state index in [0.717, 1.165) is 39.2 Å². The number of hydrogen-bond donors (Lipinski definition) is 0. The summed E-state index contributed by atoms with van der Waals surface area (Å²) >= 11 is 0. The lowest BCUT2D eigenvalue weighted by atomic mass is 9.70. The van der Waals surface area contributed by atoms with Crippen molar-refractivity contribution in [2.75, 3.05) is 0 Å². The summed E-state index contributed by atoms with van der Waals surface area (Å²) in [5, 5.41) is 0. The Labute approximate surface area is 321 Å². The van der Waals surface area contributed by atoms with Crippen molar-refractivity contribution in [2.24, 2.45) is 0 Å². The first-order valence-electron chi connectivity index (χ1n) is 18.9. The van der Waals surface area contributed by atoms with Crippen LogP contribution in [0.2, 0.25) is 0 Å². The summed E-state index contributed by atoms with van der Waals surface area (Å²) in [6.07, 6.45) is 0. The monoisotopic (exact) mass is 698 g/mol. The number of rotatable bonds is 5. The van der Waals surface area contributed by atoms with Gasteiger partial charge in [0.1, 0.15) is 0 Å². The summed E-state index contributed by atoms with van der Waals surface area (Å²) in [5.41, 5.74) is 20.0. The molecule has 0 fully saturated rings. The summed E-state index contributed by atoms with van der Waals surface area (Å²) in [4.78, 5) is 10.2. The molecule has 0 aliphatic heterocycles. The predicted molar refractivity (Wildman–Crippen MR) is 226 cm³/mol. The van der Waals surface area contributed by atoms with Crippen LogP contribution in [0, 0.1) is 0 Å². The molecule has 2 heteroatoms. The molecule has 0 N–H and O–H groups in total. The zero-order valence-electron chi connectivity index (χ0n) is 30.0. The fourth-order valence-corrected chi connectivity index (χ4v) is 9.15. The zero-order valence-corrected chi connectivity index (χ0v) is 30.0. The third-order valence-electron chi connectivity index (χ3n) is 11.5. The lowest BCUT2D eigenvalue weighted by Gasteiger charge is -2.30. The molecule has 0 amide bonds. The van der Waals surface area contributed by atoms with Crippen molar-refractivity contribution in [3.63, 3.8) is 0 Å². The molecule has 2 nitrogen and oxygen atoms in total. The minimum atomic E-state index is -0.351. The van der Waals surface area contributed by atoms with Crippen LogP contribution in [0.1, 0.15) is 22.3 Å². The zero-order chi connectivity index (χ0) is 36.3. The Morgan fingerprint density at radius 3 is 1.33 bits per heavy atom. The van der Waals surface area contributed by atoms with Crippen LogP contribution in [0.3, 0.4) is 0 Å². The van der Waals surface area contributed by atoms with Crippen LogP contribution in [0.15, 0.2) is 206 Å². The molecule has 0 unspecified atom stereocenters. The Kier molecular flexibility index (Phi) is 7.11. The van der Waals surface area contributed by atoms with E-state index in [1.54, 1.807) is 0 Å². The van der Waals surface area contributed by atoms with E-state index in [9.17, 15) is 0 Å². The summed E-state index contributed by atoms with van der Waals surface area (Å²) < 4.78 is 0. The van der Waals surface area contributed by atoms with Crippen LogP contribution in [0.25, 0.3) is 78.4 Å². The number of aromatic nitrogens is 2. The third-order valence-corrected chi connectivity index (χ3v) is 11.5. The molecule has 55 heavy (non-hydrogen) atoms. The number of benzene rings is 8. The molecule has 0 saturated carbocycles. The van der Waals surface area contributed by atoms with E-state index >= 15 is 0 Å². The number of fused-ring (bicyclic) bond motifs is 10. The van der Waals surface area contributed by atoms with Crippen molar-refractivity contribution in [2.45, 2.75) is 5.41 Å². The van der Waals surface area contributed by atoms with Gasteiger partial charge in [0, 0.05) is 16.7 Å². The molecule has 8 aromatic carbocycles. The van der Waals surface area contributed by atoms with Crippen molar-refractivity contribution < 1.29 is 0 Å². The minimum Gasteiger partial charge on any atom is -0.228 e. The molecule has 9 aromatic rings. The lowest BCUT2D eigenvalue weighted by Crippen LogP contribution is -2.25. The molecule has 1 heterocycles. The van der Waals surface area contributed by atoms with Gasteiger partial charge in [-0.25, -0.2) is 9.97 Å². The fourth-order valence-electron chi connectivity index (χ4n) is 9.15. The second kappa shape index (κ2) is 12.5. The van der Waals surface area contributed by atoms with Gasteiger partial charge in [0.2, 0.25) is 0 Å². The smallest absolute Gasteiger partial charge is 0.160 e. The molecule has 0 atom stereocenters. The van der Waals surface area contributed by atoms with Crippen LogP contribution < -0.4 is 0 Å². The molecule has 2 aliphatic rings. The highest BCUT2D eigenvalue weighted by molar-refractivity contribution is 6.00. The summed E-state index contributed by atoms with van der Waals surface area (Å²) in [7, 11) is 0. The van der Waals surface area contributed by atoms with Crippen molar-refractivity contribution >= 4 is 0 Å².